The highest BCUT2D eigenvalue weighted by Crippen LogP contribution is 2.24. The highest BCUT2D eigenvalue weighted by Gasteiger charge is 2.10. The van der Waals surface area contributed by atoms with Crippen molar-refractivity contribution in [3.63, 3.8) is 0 Å². The predicted octanol–water partition coefficient (Wildman–Crippen LogP) is 5.04. The first-order valence-corrected chi connectivity index (χ1v) is 8.14. The Hall–Kier alpha value is -1.88. The summed E-state index contributed by atoms with van der Waals surface area (Å²) < 4.78 is 19.9. The Morgan fingerprint density at radius 3 is 2.65 bits per heavy atom. The van der Waals surface area contributed by atoms with Gasteiger partial charge in [-0.3, -0.25) is 4.79 Å². The van der Waals surface area contributed by atoms with Crippen LogP contribution < -0.4 is 10.1 Å². The molecule has 0 heterocycles. The Labute approximate surface area is 144 Å². The van der Waals surface area contributed by atoms with Crippen LogP contribution in [0.5, 0.6) is 5.75 Å². The summed E-state index contributed by atoms with van der Waals surface area (Å²) in [4.78, 5) is 11.9. The Balaban J connectivity index is 2.00. The van der Waals surface area contributed by atoms with Crippen LogP contribution in [0.25, 0.3) is 0 Å². The van der Waals surface area contributed by atoms with Crippen LogP contribution in [0.3, 0.4) is 0 Å². The molecule has 0 saturated heterocycles. The number of ether oxygens (including phenoxy) is 1. The van der Waals surface area contributed by atoms with Crippen molar-refractivity contribution >= 4 is 27.5 Å². The van der Waals surface area contributed by atoms with Gasteiger partial charge in [0.1, 0.15) is 11.6 Å². The van der Waals surface area contributed by atoms with Gasteiger partial charge in [0.05, 0.1) is 5.69 Å². The van der Waals surface area contributed by atoms with Gasteiger partial charge in [0, 0.05) is 4.47 Å². The highest BCUT2D eigenvalue weighted by atomic mass is 79.9. The summed E-state index contributed by atoms with van der Waals surface area (Å²) in [5.74, 6) is 0.151. The van der Waals surface area contributed by atoms with Gasteiger partial charge in [-0.2, -0.15) is 0 Å². The number of carbonyl (C=O) groups is 1. The first kappa shape index (κ1) is 17.5. The topological polar surface area (TPSA) is 38.3 Å². The lowest BCUT2D eigenvalue weighted by molar-refractivity contribution is -0.118. The molecule has 0 saturated carbocycles. The molecular weight excluding hydrogens is 361 g/mol. The van der Waals surface area contributed by atoms with Gasteiger partial charge < -0.3 is 10.1 Å². The number of anilines is 1. The monoisotopic (exact) mass is 379 g/mol. The van der Waals surface area contributed by atoms with Gasteiger partial charge in [0.25, 0.3) is 5.91 Å². The van der Waals surface area contributed by atoms with Crippen LogP contribution in [0.15, 0.2) is 40.9 Å². The van der Waals surface area contributed by atoms with Crippen molar-refractivity contribution in [2.75, 3.05) is 11.9 Å². The fraction of sp³-hybridized carbons (Fsp3) is 0.278. The molecule has 23 heavy (non-hydrogen) atoms. The molecule has 2 aromatic carbocycles. The summed E-state index contributed by atoms with van der Waals surface area (Å²) in [6.45, 7) is 5.94. The normalized spacial score (nSPS) is 10.7. The number of rotatable bonds is 5. The van der Waals surface area contributed by atoms with Gasteiger partial charge in [-0.1, -0.05) is 41.9 Å². The molecule has 2 aromatic rings. The van der Waals surface area contributed by atoms with Crippen LogP contribution >= 0.6 is 15.9 Å². The summed E-state index contributed by atoms with van der Waals surface area (Å²) in [6, 6.07) is 10.4. The maximum Gasteiger partial charge on any atom is 0.262 e. The third-order valence-electron chi connectivity index (χ3n) is 3.44. The van der Waals surface area contributed by atoms with E-state index in [9.17, 15) is 9.18 Å². The molecule has 0 atom stereocenters. The van der Waals surface area contributed by atoms with Crippen molar-refractivity contribution in [3.05, 3.63) is 57.8 Å². The maximum atomic E-state index is 13.7. The Morgan fingerprint density at radius 1 is 1.26 bits per heavy atom. The number of carbonyl (C=O) groups excluding carboxylic acids is 1. The number of halogens is 2. The SMILES string of the molecule is Cc1ccc(C(C)C)cc1OCC(=O)Nc1ccc(Br)cc1F. The molecule has 0 bridgehead atoms. The van der Waals surface area contributed by atoms with E-state index in [0.717, 1.165) is 11.1 Å². The number of hydrogen-bond acceptors (Lipinski definition) is 2. The van der Waals surface area contributed by atoms with Crippen molar-refractivity contribution in [2.24, 2.45) is 0 Å². The minimum Gasteiger partial charge on any atom is -0.483 e. The minimum atomic E-state index is -0.495. The Bertz CT molecular complexity index is 716. The Morgan fingerprint density at radius 2 is 2.00 bits per heavy atom. The van der Waals surface area contributed by atoms with Gasteiger partial charge >= 0.3 is 0 Å². The standard InChI is InChI=1S/C18H19BrFNO2/c1-11(2)13-5-4-12(3)17(8-13)23-10-18(22)21-16-7-6-14(19)9-15(16)20/h4-9,11H,10H2,1-3H3,(H,21,22). The van der Waals surface area contributed by atoms with Crippen LogP contribution in [-0.2, 0) is 4.79 Å². The number of hydrogen-bond donors (Lipinski definition) is 1. The van der Waals surface area contributed by atoms with E-state index in [1.54, 1.807) is 6.07 Å². The molecule has 0 spiro atoms. The molecule has 3 nitrogen and oxygen atoms in total. The molecule has 0 radical (unpaired) electrons. The molecule has 0 aliphatic heterocycles. The first-order valence-electron chi connectivity index (χ1n) is 7.35. The number of nitrogens with one attached hydrogen (secondary N) is 1. The molecule has 0 aliphatic carbocycles. The van der Waals surface area contributed by atoms with Gasteiger partial charge in [-0.15, -0.1) is 0 Å². The summed E-state index contributed by atoms with van der Waals surface area (Å²) in [5, 5.41) is 2.50. The molecule has 0 aromatic heterocycles. The maximum absolute atomic E-state index is 13.7. The largest absolute Gasteiger partial charge is 0.483 e. The van der Waals surface area contributed by atoms with Crippen molar-refractivity contribution < 1.29 is 13.9 Å². The van der Waals surface area contributed by atoms with Crippen LogP contribution in [0.4, 0.5) is 10.1 Å². The van der Waals surface area contributed by atoms with E-state index < -0.39 is 11.7 Å². The second-order valence-electron chi connectivity index (χ2n) is 5.64. The van der Waals surface area contributed by atoms with E-state index in [0.29, 0.717) is 16.1 Å². The van der Waals surface area contributed by atoms with E-state index in [1.165, 1.54) is 12.1 Å². The molecule has 0 fully saturated rings. The fourth-order valence-corrected chi connectivity index (χ4v) is 2.38. The lowest BCUT2D eigenvalue weighted by atomic mass is 10.0. The summed E-state index contributed by atoms with van der Waals surface area (Å²) in [5.41, 5.74) is 2.23. The van der Waals surface area contributed by atoms with Crippen LogP contribution in [0.1, 0.15) is 30.9 Å². The smallest absolute Gasteiger partial charge is 0.262 e. The van der Waals surface area contributed by atoms with Crippen LogP contribution in [-0.4, -0.2) is 12.5 Å². The van der Waals surface area contributed by atoms with Gasteiger partial charge in [-0.05, 0) is 48.2 Å². The molecule has 0 aliphatic rings. The van der Waals surface area contributed by atoms with Gasteiger partial charge in [0.2, 0.25) is 0 Å². The average molecular weight is 380 g/mol. The number of benzene rings is 2. The second-order valence-corrected chi connectivity index (χ2v) is 6.56. The third kappa shape index (κ3) is 4.79. The minimum absolute atomic E-state index is 0.134. The molecule has 5 heteroatoms. The summed E-state index contributed by atoms with van der Waals surface area (Å²) >= 11 is 3.17. The first-order chi connectivity index (χ1) is 10.9. The van der Waals surface area contributed by atoms with E-state index in [1.807, 2.05) is 25.1 Å². The highest BCUT2D eigenvalue weighted by molar-refractivity contribution is 9.10. The van der Waals surface area contributed by atoms with Gasteiger partial charge in [-0.25, -0.2) is 4.39 Å². The van der Waals surface area contributed by atoms with E-state index in [2.05, 4.69) is 35.1 Å². The van der Waals surface area contributed by atoms with Crippen molar-refractivity contribution in [2.45, 2.75) is 26.7 Å². The Kier molecular flexibility index (Phi) is 5.77. The fourth-order valence-electron chi connectivity index (χ4n) is 2.05. The van der Waals surface area contributed by atoms with Crippen molar-refractivity contribution in [1.82, 2.24) is 0 Å². The molecule has 1 N–H and O–H groups in total. The quantitative estimate of drug-likeness (QED) is 0.790. The second kappa shape index (κ2) is 7.59. The van der Waals surface area contributed by atoms with Crippen LogP contribution in [0, 0.1) is 12.7 Å². The van der Waals surface area contributed by atoms with Crippen molar-refractivity contribution in [3.8, 4) is 5.75 Å². The summed E-state index contributed by atoms with van der Waals surface area (Å²) in [7, 11) is 0. The lowest BCUT2D eigenvalue weighted by Gasteiger charge is -2.13. The molecule has 122 valence electrons. The van der Waals surface area contributed by atoms with Gasteiger partial charge in [0.15, 0.2) is 6.61 Å². The van der Waals surface area contributed by atoms with E-state index in [-0.39, 0.29) is 12.3 Å². The summed E-state index contributed by atoms with van der Waals surface area (Å²) in [6.07, 6.45) is 0. The average Bonchev–Trinajstić information content (AvgIpc) is 2.49. The van der Waals surface area contributed by atoms with Crippen molar-refractivity contribution in [1.29, 1.82) is 0 Å². The van der Waals surface area contributed by atoms with E-state index >= 15 is 0 Å². The third-order valence-corrected chi connectivity index (χ3v) is 3.94. The zero-order valence-corrected chi connectivity index (χ0v) is 14.9. The zero-order valence-electron chi connectivity index (χ0n) is 13.3. The number of amides is 1. The zero-order chi connectivity index (χ0) is 17.0. The molecule has 0 unspecified atom stereocenters. The lowest BCUT2D eigenvalue weighted by Crippen LogP contribution is -2.21. The number of aryl methyl sites for hydroxylation is 1. The predicted molar refractivity (Wildman–Crippen MR) is 93.5 cm³/mol. The molecular formula is C18H19BrFNO2. The van der Waals surface area contributed by atoms with Crippen LogP contribution in [0.2, 0.25) is 0 Å². The molecule has 1 amide bonds. The van der Waals surface area contributed by atoms with E-state index in [4.69, 9.17) is 4.74 Å². The molecule has 2 rings (SSSR count).